The smallest absolute Gasteiger partial charge is 0.0291 e. The Morgan fingerprint density at radius 2 is 2.11 bits per heavy atom. The zero-order valence-corrected chi connectivity index (χ0v) is 6.48. The van der Waals surface area contributed by atoms with Gasteiger partial charge in [-0.1, -0.05) is 24.6 Å². The van der Waals surface area contributed by atoms with Crippen LogP contribution in [0, 0.1) is 0 Å². The summed E-state index contributed by atoms with van der Waals surface area (Å²) in [7, 11) is 0. The number of hydrogen-bond donors (Lipinski definition) is 0. The second kappa shape index (κ2) is 5.61. The van der Waals surface area contributed by atoms with Crippen LogP contribution in [-0.2, 0) is 0 Å². The van der Waals surface area contributed by atoms with Crippen molar-refractivity contribution in [2.45, 2.75) is 33.1 Å². The van der Waals surface area contributed by atoms with Crippen LogP contribution in [0.1, 0.15) is 33.1 Å². The van der Waals surface area contributed by atoms with E-state index in [4.69, 9.17) is 0 Å². The first-order valence-electron chi connectivity index (χ1n) is 3.56. The molecule has 0 aromatic carbocycles. The zero-order chi connectivity index (χ0) is 7.11. The molecule has 0 saturated carbocycles. The van der Waals surface area contributed by atoms with Crippen LogP contribution in [0.2, 0.25) is 0 Å². The van der Waals surface area contributed by atoms with Gasteiger partial charge in [-0.05, 0) is 26.2 Å². The minimum Gasteiger partial charge on any atom is -0.100 e. The highest BCUT2D eigenvalue weighted by Gasteiger charge is 1.80. The normalized spacial score (nSPS) is 10.4. The molecular formula is C9H16. The van der Waals surface area contributed by atoms with E-state index in [0.717, 1.165) is 19.3 Å². The van der Waals surface area contributed by atoms with Gasteiger partial charge in [0.05, 0.1) is 0 Å². The average molecular weight is 124 g/mol. The third-order valence-electron chi connectivity index (χ3n) is 1.14. The highest BCUT2D eigenvalue weighted by Crippen LogP contribution is 2.00. The van der Waals surface area contributed by atoms with Crippen molar-refractivity contribution in [2.24, 2.45) is 0 Å². The molecule has 0 nitrogen and oxygen atoms in total. The Bertz CT molecular complexity index is 98.6. The van der Waals surface area contributed by atoms with E-state index in [-0.39, 0.29) is 0 Å². The van der Waals surface area contributed by atoms with Crippen molar-refractivity contribution in [1.82, 2.24) is 0 Å². The Morgan fingerprint density at radius 3 is 2.56 bits per heavy atom. The lowest BCUT2D eigenvalue weighted by molar-refractivity contribution is 0.976. The number of allylic oxidation sites excluding steroid dienone is 3. The van der Waals surface area contributed by atoms with Crippen molar-refractivity contribution in [2.75, 3.05) is 0 Å². The van der Waals surface area contributed by atoms with E-state index in [2.05, 4.69) is 32.6 Å². The van der Waals surface area contributed by atoms with E-state index >= 15 is 0 Å². The molecule has 0 aromatic heterocycles. The molecule has 0 N–H and O–H groups in total. The van der Waals surface area contributed by atoms with Gasteiger partial charge < -0.3 is 0 Å². The monoisotopic (exact) mass is 124 g/mol. The standard InChI is InChI=1S/C9H16/c1-4-5-6-7-8-9(2)3/h5-6H,2,4,7-8H2,1,3H3/b6-5+. The number of rotatable bonds is 4. The summed E-state index contributed by atoms with van der Waals surface area (Å²) < 4.78 is 0. The molecule has 0 saturated heterocycles. The summed E-state index contributed by atoms with van der Waals surface area (Å²) in [5.41, 5.74) is 1.27. The van der Waals surface area contributed by atoms with Gasteiger partial charge in [-0.2, -0.15) is 0 Å². The lowest BCUT2D eigenvalue weighted by Gasteiger charge is -1.90. The summed E-state index contributed by atoms with van der Waals surface area (Å²) in [5, 5.41) is 0. The summed E-state index contributed by atoms with van der Waals surface area (Å²) in [5.74, 6) is 0. The van der Waals surface area contributed by atoms with Crippen molar-refractivity contribution in [3.05, 3.63) is 24.3 Å². The lowest BCUT2D eigenvalue weighted by atomic mass is 10.2. The van der Waals surface area contributed by atoms with E-state index < -0.39 is 0 Å². The Balaban J connectivity index is 3.09. The average Bonchev–Trinajstić information content (AvgIpc) is 1.80. The van der Waals surface area contributed by atoms with Crippen LogP contribution in [0.4, 0.5) is 0 Å². The van der Waals surface area contributed by atoms with Gasteiger partial charge in [0, 0.05) is 0 Å². The Labute approximate surface area is 58.3 Å². The molecule has 0 spiro atoms. The third-order valence-corrected chi connectivity index (χ3v) is 1.14. The van der Waals surface area contributed by atoms with Crippen molar-refractivity contribution < 1.29 is 0 Å². The molecule has 0 heteroatoms. The highest BCUT2D eigenvalue weighted by atomic mass is 13.9. The fourth-order valence-electron chi connectivity index (χ4n) is 0.614. The molecule has 0 atom stereocenters. The Kier molecular flexibility index (Phi) is 5.29. The van der Waals surface area contributed by atoms with Crippen LogP contribution in [-0.4, -0.2) is 0 Å². The van der Waals surface area contributed by atoms with E-state index in [1.807, 2.05) is 0 Å². The molecule has 0 amide bonds. The second-order valence-corrected chi connectivity index (χ2v) is 2.38. The van der Waals surface area contributed by atoms with Gasteiger partial charge in [0.25, 0.3) is 0 Å². The molecule has 9 heavy (non-hydrogen) atoms. The SMILES string of the molecule is C=C(C)CC/C=C/CC. The van der Waals surface area contributed by atoms with Crippen LogP contribution in [0.5, 0.6) is 0 Å². The van der Waals surface area contributed by atoms with Gasteiger partial charge in [0.2, 0.25) is 0 Å². The van der Waals surface area contributed by atoms with Gasteiger partial charge >= 0.3 is 0 Å². The first-order chi connectivity index (χ1) is 4.27. The maximum Gasteiger partial charge on any atom is -0.0291 e. The fourth-order valence-corrected chi connectivity index (χ4v) is 0.614. The molecule has 0 fully saturated rings. The van der Waals surface area contributed by atoms with Gasteiger partial charge in [-0.3, -0.25) is 0 Å². The quantitative estimate of drug-likeness (QED) is 0.504. The molecule has 0 rings (SSSR count). The van der Waals surface area contributed by atoms with Crippen LogP contribution in [0.25, 0.3) is 0 Å². The maximum absolute atomic E-state index is 3.82. The Hall–Kier alpha value is -0.520. The molecule has 52 valence electrons. The first-order valence-corrected chi connectivity index (χ1v) is 3.56. The third kappa shape index (κ3) is 7.48. The van der Waals surface area contributed by atoms with Crippen molar-refractivity contribution in [1.29, 1.82) is 0 Å². The Morgan fingerprint density at radius 1 is 1.44 bits per heavy atom. The van der Waals surface area contributed by atoms with E-state index in [1.54, 1.807) is 0 Å². The maximum atomic E-state index is 3.82. The molecule has 0 unspecified atom stereocenters. The fraction of sp³-hybridized carbons (Fsp3) is 0.556. The van der Waals surface area contributed by atoms with E-state index in [0.29, 0.717) is 0 Å². The van der Waals surface area contributed by atoms with Gasteiger partial charge in [-0.25, -0.2) is 0 Å². The summed E-state index contributed by atoms with van der Waals surface area (Å²) in [6.07, 6.45) is 7.85. The van der Waals surface area contributed by atoms with Crippen LogP contribution < -0.4 is 0 Å². The summed E-state index contributed by atoms with van der Waals surface area (Å²) >= 11 is 0. The van der Waals surface area contributed by atoms with E-state index in [1.165, 1.54) is 5.57 Å². The van der Waals surface area contributed by atoms with Crippen molar-refractivity contribution in [3.63, 3.8) is 0 Å². The molecular weight excluding hydrogens is 108 g/mol. The van der Waals surface area contributed by atoms with Gasteiger partial charge in [-0.15, -0.1) is 6.58 Å². The zero-order valence-electron chi connectivity index (χ0n) is 6.48. The molecule has 0 aromatic rings. The van der Waals surface area contributed by atoms with Crippen molar-refractivity contribution in [3.8, 4) is 0 Å². The van der Waals surface area contributed by atoms with Crippen LogP contribution >= 0.6 is 0 Å². The summed E-state index contributed by atoms with van der Waals surface area (Å²) in [6, 6.07) is 0. The molecule has 0 bridgehead atoms. The molecule has 0 aliphatic heterocycles. The molecule has 0 aliphatic rings. The van der Waals surface area contributed by atoms with Crippen LogP contribution in [0.3, 0.4) is 0 Å². The van der Waals surface area contributed by atoms with Crippen LogP contribution in [0.15, 0.2) is 24.3 Å². The minimum absolute atomic E-state index is 1.14. The van der Waals surface area contributed by atoms with Gasteiger partial charge in [0.15, 0.2) is 0 Å². The molecule has 0 aliphatic carbocycles. The summed E-state index contributed by atoms with van der Waals surface area (Å²) in [6.45, 7) is 8.04. The predicted molar refractivity (Wildman–Crippen MR) is 43.5 cm³/mol. The lowest BCUT2D eigenvalue weighted by Crippen LogP contribution is -1.70. The predicted octanol–water partition coefficient (Wildman–Crippen LogP) is 3.31. The second-order valence-electron chi connectivity index (χ2n) is 2.38. The van der Waals surface area contributed by atoms with Crippen molar-refractivity contribution >= 4 is 0 Å². The topological polar surface area (TPSA) is 0 Å². The minimum atomic E-state index is 1.14. The number of hydrogen-bond acceptors (Lipinski definition) is 0. The molecule has 0 heterocycles. The molecule has 0 radical (unpaired) electrons. The first kappa shape index (κ1) is 8.48. The van der Waals surface area contributed by atoms with E-state index in [9.17, 15) is 0 Å². The highest BCUT2D eigenvalue weighted by molar-refractivity contribution is 4.92. The summed E-state index contributed by atoms with van der Waals surface area (Å²) in [4.78, 5) is 0. The largest absolute Gasteiger partial charge is 0.100 e. The van der Waals surface area contributed by atoms with Gasteiger partial charge in [0.1, 0.15) is 0 Å².